The molecule has 2 rings (SSSR count). The first-order chi connectivity index (χ1) is 12.1. The molecule has 1 aromatic rings. The van der Waals surface area contributed by atoms with Crippen LogP contribution in [0, 0.1) is 12.8 Å². The topological polar surface area (TPSA) is 81.2 Å². The molecule has 1 fully saturated rings. The van der Waals surface area contributed by atoms with Gasteiger partial charge in [-0.1, -0.05) is 29.8 Å². The molecule has 1 amide bonds. The first-order valence-corrected chi connectivity index (χ1v) is 10.3. The number of sulfonamides is 1. The van der Waals surface area contributed by atoms with Crippen LogP contribution in [0.4, 0.5) is 0 Å². The molecule has 1 N–H and O–H groups in total. The second kappa shape index (κ2) is 8.47. The molecule has 146 valence electrons. The normalized spacial score (nSPS) is 21.0. The first kappa shape index (κ1) is 20.8. The minimum absolute atomic E-state index is 0.0941. The molecular weight excluding hydrogens is 354 g/mol. The zero-order chi connectivity index (χ0) is 19.5. The van der Waals surface area contributed by atoms with Crippen molar-refractivity contribution in [2.75, 3.05) is 46.5 Å². The number of likely N-dealkylation sites (N-methyl/N-ethyl adjacent to an activating group) is 1. The van der Waals surface area contributed by atoms with Gasteiger partial charge in [-0.15, -0.1) is 0 Å². The van der Waals surface area contributed by atoms with E-state index in [1.54, 1.807) is 4.90 Å². The number of aryl methyl sites for hydroxylation is 1. The quantitative estimate of drug-likeness (QED) is 0.724. The summed E-state index contributed by atoms with van der Waals surface area (Å²) in [4.78, 5) is 16.0. The lowest BCUT2D eigenvalue weighted by Crippen LogP contribution is -2.38. The molecule has 8 heteroatoms. The number of aliphatic hydroxyl groups excluding tert-OH is 1. The Hall–Kier alpha value is -1.48. The largest absolute Gasteiger partial charge is 0.391 e. The number of carbonyl (C=O) groups excluding carboxylic acids is 1. The highest BCUT2D eigenvalue weighted by Gasteiger charge is 2.37. The molecule has 0 spiro atoms. The summed E-state index contributed by atoms with van der Waals surface area (Å²) in [7, 11) is 1.41. The Labute approximate surface area is 156 Å². The van der Waals surface area contributed by atoms with Crippen molar-refractivity contribution in [2.45, 2.75) is 19.6 Å². The van der Waals surface area contributed by atoms with Gasteiger partial charge in [-0.05, 0) is 19.5 Å². The molecular formula is C18H29N3O4S. The minimum atomic E-state index is -3.41. The van der Waals surface area contributed by atoms with Gasteiger partial charge in [-0.2, -0.15) is 0 Å². The highest BCUT2D eigenvalue weighted by molar-refractivity contribution is 7.89. The summed E-state index contributed by atoms with van der Waals surface area (Å²) in [5.74, 6) is -0.693. The smallest absolute Gasteiger partial charge is 0.236 e. The monoisotopic (exact) mass is 383 g/mol. The van der Waals surface area contributed by atoms with Crippen LogP contribution in [0.2, 0.25) is 0 Å². The second-order valence-electron chi connectivity index (χ2n) is 7.34. The van der Waals surface area contributed by atoms with Crippen LogP contribution in [0.3, 0.4) is 0 Å². The van der Waals surface area contributed by atoms with Crippen LogP contribution in [-0.2, 0) is 21.4 Å². The van der Waals surface area contributed by atoms with Crippen molar-refractivity contribution < 1.29 is 18.3 Å². The highest BCUT2D eigenvalue weighted by Crippen LogP contribution is 2.20. The Bertz CT molecular complexity index is 718. The van der Waals surface area contributed by atoms with Gasteiger partial charge in [0.25, 0.3) is 0 Å². The number of hydrogen-bond acceptors (Lipinski definition) is 5. The summed E-state index contributed by atoms with van der Waals surface area (Å²) in [6.45, 7) is 3.37. The number of amides is 1. The number of nitrogens with zero attached hydrogens (tertiary/aromatic N) is 3. The molecule has 2 unspecified atom stereocenters. The molecule has 0 radical (unpaired) electrons. The van der Waals surface area contributed by atoms with Gasteiger partial charge in [0.2, 0.25) is 15.9 Å². The fourth-order valence-corrected chi connectivity index (χ4v) is 4.20. The molecule has 0 aromatic heterocycles. The van der Waals surface area contributed by atoms with Crippen LogP contribution in [-0.4, -0.2) is 86.2 Å². The number of rotatable bonds is 7. The SMILES string of the molecule is Cc1ccc(CN(C)CC(=O)N2CC(O)C(CS(=O)(=O)N(C)C)C2)cc1. The van der Waals surface area contributed by atoms with Crippen molar-refractivity contribution in [2.24, 2.45) is 5.92 Å². The van der Waals surface area contributed by atoms with Crippen LogP contribution in [0.25, 0.3) is 0 Å². The van der Waals surface area contributed by atoms with Crippen LogP contribution < -0.4 is 0 Å². The summed E-state index contributed by atoms with van der Waals surface area (Å²) in [5.41, 5.74) is 2.32. The Balaban J connectivity index is 1.88. The van der Waals surface area contributed by atoms with E-state index in [2.05, 4.69) is 0 Å². The van der Waals surface area contributed by atoms with E-state index in [-0.39, 0.29) is 31.3 Å². The standard InChI is InChI=1S/C18H29N3O4S/c1-14-5-7-15(8-6-14)9-20(4)12-18(23)21-10-16(17(22)11-21)13-26(24,25)19(2)3/h5-8,16-17,22H,9-13H2,1-4H3. The lowest BCUT2D eigenvalue weighted by Gasteiger charge is -2.22. The Morgan fingerprint density at radius 3 is 2.38 bits per heavy atom. The van der Waals surface area contributed by atoms with Gasteiger partial charge in [-0.3, -0.25) is 9.69 Å². The van der Waals surface area contributed by atoms with Gasteiger partial charge >= 0.3 is 0 Å². The number of benzene rings is 1. The van der Waals surface area contributed by atoms with Crippen molar-refractivity contribution in [3.8, 4) is 0 Å². The van der Waals surface area contributed by atoms with E-state index in [0.29, 0.717) is 6.54 Å². The third kappa shape index (κ3) is 5.51. The van der Waals surface area contributed by atoms with E-state index in [9.17, 15) is 18.3 Å². The second-order valence-corrected chi connectivity index (χ2v) is 9.57. The number of likely N-dealkylation sites (tertiary alicyclic amines) is 1. The van der Waals surface area contributed by atoms with Gasteiger partial charge in [0.15, 0.2) is 0 Å². The average molecular weight is 384 g/mol. The third-order valence-electron chi connectivity index (χ3n) is 4.72. The maximum atomic E-state index is 12.5. The van der Waals surface area contributed by atoms with Crippen LogP contribution in [0.5, 0.6) is 0 Å². The zero-order valence-corrected chi connectivity index (χ0v) is 16.7. The minimum Gasteiger partial charge on any atom is -0.391 e. The van der Waals surface area contributed by atoms with E-state index in [0.717, 1.165) is 9.87 Å². The lowest BCUT2D eigenvalue weighted by molar-refractivity contribution is -0.131. The van der Waals surface area contributed by atoms with E-state index in [4.69, 9.17) is 0 Å². The average Bonchev–Trinajstić information content (AvgIpc) is 2.90. The predicted octanol–water partition coefficient (Wildman–Crippen LogP) is 0.138. The van der Waals surface area contributed by atoms with Gasteiger partial charge in [0.05, 0.1) is 18.4 Å². The van der Waals surface area contributed by atoms with Gasteiger partial charge in [0.1, 0.15) is 0 Å². The Morgan fingerprint density at radius 1 is 1.19 bits per heavy atom. The summed E-state index contributed by atoms with van der Waals surface area (Å²) < 4.78 is 25.2. The molecule has 7 nitrogen and oxygen atoms in total. The Kier molecular flexibility index (Phi) is 6.79. The molecule has 1 aliphatic heterocycles. The molecule has 0 saturated carbocycles. The Morgan fingerprint density at radius 2 is 1.81 bits per heavy atom. The van der Waals surface area contributed by atoms with E-state index in [1.165, 1.54) is 19.7 Å². The van der Waals surface area contributed by atoms with Gasteiger partial charge < -0.3 is 10.0 Å². The van der Waals surface area contributed by atoms with Gasteiger partial charge in [-0.25, -0.2) is 12.7 Å². The van der Waals surface area contributed by atoms with Crippen molar-refractivity contribution in [3.63, 3.8) is 0 Å². The van der Waals surface area contributed by atoms with Gasteiger partial charge in [0, 0.05) is 39.6 Å². The fraction of sp³-hybridized carbons (Fsp3) is 0.611. The van der Waals surface area contributed by atoms with Crippen LogP contribution in [0.1, 0.15) is 11.1 Å². The maximum absolute atomic E-state index is 12.5. The lowest BCUT2D eigenvalue weighted by atomic mass is 10.1. The van der Waals surface area contributed by atoms with Crippen LogP contribution >= 0.6 is 0 Å². The molecule has 1 saturated heterocycles. The summed E-state index contributed by atoms with van der Waals surface area (Å²) in [6.07, 6.45) is -0.809. The number of carbonyl (C=O) groups is 1. The number of aliphatic hydroxyl groups is 1. The first-order valence-electron chi connectivity index (χ1n) is 8.68. The summed E-state index contributed by atoms with van der Waals surface area (Å²) in [5, 5.41) is 10.2. The molecule has 1 aliphatic rings. The maximum Gasteiger partial charge on any atom is 0.236 e. The highest BCUT2D eigenvalue weighted by atomic mass is 32.2. The van der Waals surface area contributed by atoms with E-state index in [1.807, 2.05) is 43.1 Å². The van der Waals surface area contributed by atoms with Crippen molar-refractivity contribution >= 4 is 15.9 Å². The molecule has 0 bridgehead atoms. The number of β-amino-alcohol motifs (C(OH)–C–C–N with tert-alkyl or cyclic N) is 1. The van der Waals surface area contributed by atoms with Crippen LogP contribution in [0.15, 0.2) is 24.3 Å². The van der Waals surface area contributed by atoms with E-state index < -0.39 is 22.0 Å². The number of hydrogen-bond donors (Lipinski definition) is 1. The molecule has 1 heterocycles. The van der Waals surface area contributed by atoms with Crippen molar-refractivity contribution in [3.05, 3.63) is 35.4 Å². The summed E-state index contributed by atoms with van der Waals surface area (Å²) >= 11 is 0. The predicted molar refractivity (Wildman–Crippen MR) is 101 cm³/mol. The third-order valence-corrected chi connectivity index (χ3v) is 6.68. The molecule has 1 aromatic carbocycles. The van der Waals surface area contributed by atoms with Crippen molar-refractivity contribution in [1.29, 1.82) is 0 Å². The summed E-state index contributed by atoms with van der Waals surface area (Å²) in [6, 6.07) is 8.16. The molecule has 26 heavy (non-hydrogen) atoms. The van der Waals surface area contributed by atoms with Crippen molar-refractivity contribution in [1.82, 2.24) is 14.1 Å². The zero-order valence-electron chi connectivity index (χ0n) is 15.9. The molecule has 0 aliphatic carbocycles. The fourth-order valence-electron chi connectivity index (χ4n) is 3.03. The molecule has 2 atom stereocenters. The van der Waals surface area contributed by atoms with E-state index >= 15 is 0 Å².